The van der Waals surface area contributed by atoms with E-state index in [1.807, 2.05) is 6.07 Å². The third-order valence-corrected chi connectivity index (χ3v) is 5.85. The number of hydrogen-bond donors (Lipinski definition) is 2. The first-order valence-electron chi connectivity index (χ1n) is 7.44. The van der Waals surface area contributed by atoms with E-state index in [4.69, 9.17) is 4.74 Å². The highest BCUT2D eigenvalue weighted by molar-refractivity contribution is 7.93. The quantitative estimate of drug-likeness (QED) is 0.616. The fraction of sp³-hybridized carbons (Fsp3) is 0.118. The number of rotatable bonds is 7. The van der Waals surface area contributed by atoms with Crippen LogP contribution in [0.15, 0.2) is 60.0 Å². The molecule has 0 saturated carbocycles. The zero-order valence-electron chi connectivity index (χ0n) is 13.5. The number of nitrogens with one attached hydrogen (secondary N) is 2. The summed E-state index contributed by atoms with van der Waals surface area (Å²) in [7, 11) is -2.11. The lowest BCUT2D eigenvalue weighted by atomic mass is 10.3. The summed E-state index contributed by atoms with van der Waals surface area (Å²) in [6, 6.07) is 11.9. The predicted octanol–water partition coefficient (Wildman–Crippen LogP) is 3.70. The van der Waals surface area contributed by atoms with Crippen molar-refractivity contribution >= 4 is 42.4 Å². The maximum absolute atomic E-state index is 12.5. The number of anilines is 2. The second-order valence-electron chi connectivity index (χ2n) is 5.15. The smallest absolute Gasteiger partial charge is 0.263 e. The van der Waals surface area contributed by atoms with Gasteiger partial charge in [-0.15, -0.1) is 6.58 Å². The van der Waals surface area contributed by atoms with E-state index in [1.165, 1.54) is 11.3 Å². The Morgan fingerprint density at radius 1 is 1.24 bits per heavy atom. The zero-order valence-corrected chi connectivity index (χ0v) is 15.2. The van der Waals surface area contributed by atoms with Crippen molar-refractivity contribution in [3.05, 3.63) is 55.1 Å². The molecule has 2 aromatic carbocycles. The molecular weight excluding hydrogens is 358 g/mol. The zero-order chi connectivity index (χ0) is 17.9. The van der Waals surface area contributed by atoms with Gasteiger partial charge in [-0.05, 0) is 42.5 Å². The van der Waals surface area contributed by atoms with Crippen LogP contribution >= 0.6 is 11.3 Å². The van der Waals surface area contributed by atoms with Gasteiger partial charge >= 0.3 is 0 Å². The SMILES string of the molecule is C=CCNc1ccc(S(=O)(=O)Nc2nc3ccc(OC)cc3s2)cc1. The monoisotopic (exact) mass is 375 g/mol. The molecule has 0 aliphatic heterocycles. The Hall–Kier alpha value is -2.58. The first-order chi connectivity index (χ1) is 12.0. The van der Waals surface area contributed by atoms with E-state index >= 15 is 0 Å². The van der Waals surface area contributed by atoms with Crippen molar-refractivity contribution in [2.75, 3.05) is 23.7 Å². The van der Waals surface area contributed by atoms with Crippen molar-refractivity contribution in [1.82, 2.24) is 4.98 Å². The molecule has 25 heavy (non-hydrogen) atoms. The van der Waals surface area contributed by atoms with E-state index in [9.17, 15) is 8.42 Å². The molecule has 0 bridgehead atoms. The highest BCUT2D eigenvalue weighted by atomic mass is 32.2. The van der Waals surface area contributed by atoms with Gasteiger partial charge in [-0.25, -0.2) is 13.4 Å². The standard InChI is InChI=1S/C17H17N3O3S2/c1-3-10-18-12-4-7-14(8-5-12)25(21,22)20-17-19-15-9-6-13(23-2)11-16(15)24-17/h3-9,11,18H,1,10H2,2H3,(H,19,20). The highest BCUT2D eigenvalue weighted by Crippen LogP contribution is 2.30. The molecule has 0 spiro atoms. The van der Waals surface area contributed by atoms with Crippen molar-refractivity contribution in [3.63, 3.8) is 0 Å². The Balaban J connectivity index is 1.82. The van der Waals surface area contributed by atoms with Gasteiger partial charge in [0.25, 0.3) is 10.0 Å². The number of fused-ring (bicyclic) bond motifs is 1. The molecule has 0 aliphatic carbocycles. The van der Waals surface area contributed by atoms with Gasteiger partial charge in [0.2, 0.25) is 0 Å². The lowest BCUT2D eigenvalue weighted by Crippen LogP contribution is -2.12. The van der Waals surface area contributed by atoms with E-state index in [0.29, 0.717) is 22.9 Å². The summed E-state index contributed by atoms with van der Waals surface area (Å²) in [5, 5.41) is 3.41. The molecule has 0 saturated heterocycles. The number of ether oxygens (including phenoxy) is 1. The molecule has 8 heteroatoms. The number of sulfonamides is 1. The summed E-state index contributed by atoms with van der Waals surface area (Å²) in [6.45, 7) is 4.24. The van der Waals surface area contributed by atoms with Crippen LogP contribution in [0, 0.1) is 0 Å². The minimum Gasteiger partial charge on any atom is -0.497 e. The van der Waals surface area contributed by atoms with Gasteiger partial charge in [-0.3, -0.25) is 4.72 Å². The van der Waals surface area contributed by atoms with E-state index in [0.717, 1.165) is 10.4 Å². The molecular formula is C17H17N3O3S2. The number of hydrogen-bond acceptors (Lipinski definition) is 6. The Morgan fingerprint density at radius 3 is 2.68 bits per heavy atom. The second-order valence-corrected chi connectivity index (χ2v) is 7.87. The van der Waals surface area contributed by atoms with Crippen molar-refractivity contribution in [1.29, 1.82) is 0 Å². The van der Waals surface area contributed by atoms with Crippen molar-refractivity contribution in [3.8, 4) is 5.75 Å². The normalized spacial score (nSPS) is 11.2. The van der Waals surface area contributed by atoms with Crippen LogP contribution in [0.5, 0.6) is 5.75 Å². The van der Waals surface area contributed by atoms with Crippen LogP contribution in [-0.4, -0.2) is 27.1 Å². The molecule has 1 aromatic heterocycles. The van der Waals surface area contributed by atoms with Gasteiger partial charge < -0.3 is 10.1 Å². The average molecular weight is 375 g/mol. The summed E-state index contributed by atoms with van der Waals surface area (Å²) < 4.78 is 33.6. The minimum absolute atomic E-state index is 0.175. The topological polar surface area (TPSA) is 80.3 Å². The van der Waals surface area contributed by atoms with Gasteiger partial charge in [-0.1, -0.05) is 17.4 Å². The Labute approximate surface area is 150 Å². The Kier molecular flexibility index (Phi) is 4.91. The molecule has 2 N–H and O–H groups in total. The maximum atomic E-state index is 12.5. The van der Waals surface area contributed by atoms with Crippen molar-refractivity contribution < 1.29 is 13.2 Å². The average Bonchev–Trinajstić information content (AvgIpc) is 3.00. The van der Waals surface area contributed by atoms with Crippen LogP contribution in [0.3, 0.4) is 0 Å². The molecule has 0 amide bonds. The summed E-state index contributed by atoms with van der Waals surface area (Å²) in [6.07, 6.45) is 1.73. The third kappa shape index (κ3) is 3.92. The molecule has 0 atom stereocenters. The summed E-state index contributed by atoms with van der Waals surface area (Å²) >= 11 is 1.26. The number of nitrogens with zero attached hydrogens (tertiary/aromatic N) is 1. The Bertz CT molecular complexity index is 996. The number of thiazole rings is 1. The van der Waals surface area contributed by atoms with Crippen LogP contribution in [-0.2, 0) is 10.0 Å². The molecule has 130 valence electrons. The van der Waals surface area contributed by atoms with E-state index in [2.05, 4.69) is 21.6 Å². The number of methoxy groups -OCH3 is 1. The highest BCUT2D eigenvalue weighted by Gasteiger charge is 2.16. The number of aromatic nitrogens is 1. The van der Waals surface area contributed by atoms with Crippen LogP contribution < -0.4 is 14.8 Å². The molecule has 6 nitrogen and oxygen atoms in total. The van der Waals surface area contributed by atoms with E-state index in [-0.39, 0.29) is 4.90 Å². The first-order valence-corrected chi connectivity index (χ1v) is 9.74. The van der Waals surface area contributed by atoms with Crippen LogP contribution in [0.2, 0.25) is 0 Å². The van der Waals surface area contributed by atoms with Crippen LogP contribution in [0.25, 0.3) is 10.2 Å². The van der Waals surface area contributed by atoms with Gasteiger partial charge in [0.05, 0.1) is 22.2 Å². The molecule has 0 radical (unpaired) electrons. The summed E-state index contributed by atoms with van der Waals surface area (Å²) in [5.74, 6) is 0.702. The first kappa shape index (κ1) is 17.2. The summed E-state index contributed by atoms with van der Waals surface area (Å²) in [4.78, 5) is 4.48. The van der Waals surface area contributed by atoms with Crippen molar-refractivity contribution in [2.45, 2.75) is 4.90 Å². The van der Waals surface area contributed by atoms with Gasteiger partial charge in [0.15, 0.2) is 5.13 Å². The van der Waals surface area contributed by atoms with Gasteiger partial charge in [0.1, 0.15) is 5.75 Å². The lowest BCUT2D eigenvalue weighted by molar-refractivity contribution is 0.415. The maximum Gasteiger partial charge on any atom is 0.263 e. The molecule has 0 unspecified atom stereocenters. The molecule has 3 aromatic rings. The minimum atomic E-state index is -3.70. The third-order valence-electron chi connectivity index (χ3n) is 3.43. The lowest BCUT2D eigenvalue weighted by Gasteiger charge is -2.07. The molecule has 0 aliphatic rings. The Morgan fingerprint density at radius 2 is 2.00 bits per heavy atom. The van der Waals surface area contributed by atoms with Crippen LogP contribution in [0.1, 0.15) is 0 Å². The molecule has 3 rings (SSSR count). The van der Waals surface area contributed by atoms with Crippen LogP contribution in [0.4, 0.5) is 10.8 Å². The van der Waals surface area contributed by atoms with Gasteiger partial charge in [-0.2, -0.15) is 0 Å². The largest absolute Gasteiger partial charge is 0.497 e. The summed E-state index contributed by atoms with van der Waals surface area (Å²) in [5.41, 5.74) is 1.54. The van der Waals surface area contributed by atoms with E-state index in [1.54, 1.807) is 49.6 Å². The predicted molar refractivity (Wildman–Crippen MR) is 102 cm³/mol. The number of benzene rings is 2. The fourth-order valence-electron chi connectivity index (χ4n) is 2.19. The molecule has 1 heterocycles. The second kappa shape index (κ2) is 7.12. The van der Waals surface area contributed by atoms with E-state index < -0.39 is 10.0 Å². The fourth-order valence-corrected chi connectivity index (χ4v) is 4.32. The van der Waals surface area contributed by atoms with Gasteiger partial charge in [0, 0.05) is 12.2 Å². The molecule has 0 fully saturated rings. The van der Waals surface area contributed by atoms with Crippen molar-refractivity contribution in [2.24, 2.45) is 0 Å².